The highest BCUT2D eigenvalue weighted by Crippen LogP contribution is 2.26. The number of hydrogen-bond donors (Lipinski definition) is 2. The van der Waals surface area contributed by atoms with Crippen molar-refractivity contribution in [2.45, 2.75) is 6.42 Å². The highest BCUT2D eigenvalue weighted by atomic mass is 79.9. The van der Waals surface area contributed by atoms with Gasteiger partial charge in [-0.25, -0.2) is 9.97 Å². The van der Waals surface area contributed by atoms with Crippen LogP contribution >= 0.6 is 31.9 Å². The molecule has 1 aromatic heterocycles. The first-order valence-electron chi connectivity index (χ1n) is 8.88. The fourth-order valence-corrected chi connectivity index (χ4v) is 3.65. The number of amides is 1. The van der Waals surface area contributed by atoms with Gasteiger partial charge >= 0.3 is 0 Å². The second-order valence-corrected chi connectivity index (χ2v) is 8.27. The first kappa shape index (κ1) is 19.5. The van der Waals surface area contributed by atoms with Crippen LogP contribution in [-0.2, 0) is 11.2 Å². The number of nitrogens with zero attached hydrogens (tertiary/aromatic N) is 2. The van der Waals surface area contributed by atoms with Crippen LogP contribution in [0.15, 0.2) is 82.0 Å². The highest BCUT2D eigenvalue weighted by Gasteiger charge is 2.09. The van der Waals surface area contributed by atoms with Gasteiger partial charge in [0.25, 0.3) is 0 Å². The van der Waals surface area contributed by atoms with E-state index in [4.69, 9.17) is 0 Å². The predicted octanol–water partition coefficient (Wildman–Crippen LogP) is 6.08. The van der Waals surface area contributed by atoms with Crippen molar-refractivity contribution in [3.63, 3.8) is 0 Å². The van der Waals surface area contributed by atoms with Crippen molar-refractivity contribution >= 4 is 65.9 Å². The predicted molar refractivity (Wildman–Crippen MR) is 123 cm³/mol. The number of rotatable bonds is 5. The van der Waals surface area contributed by atoms with Crippen molar-refractivity contribution in [3.8, 4) is 0 Å². The van der Waals surface area contributed by atoms with Gasteiger partial charge in [-0.2, -0.15) is 0 Å². The summed E-state index contributed by atoms with van der Waals surface area (Å²) in [5.74, 6) is 0.599. The molecule has 144 valence electrons. The maximum Gasteiger partial charge on any atom is 0.228 e. The summed E-state index contributed by atoms with van der Waals surface area (Å²) in [5.41, 5.74) is 3.35. The third kappa shape index (κ3) is 4.99. The van der Waals surface area contributed by atoms with Crippen LogP contribution in [0.5, 0.6) is 0 Å². The Morgan fingerprint density at radius 3 is 2.45 bits per heavy atom. The number of anilines is 3. The number of halogens is 2. The molecular weight excluding hydrogens is 496 g/mol. The van der Waals surface area contributed by atoms with Crippen molar-refractivity contribution in [2.75, 3.05) is 10.6 Å². The van der Waals surface area contributed by atoms with Crippen molar-refractivity contribution < 1.29 is 4.79 Å². The molecule has 3 aromatic carbocycles. The van der Waals surface area contributed by atoms with E-state index in [1.807, 2.05) is 66.7 Å². The Morgan fingerprint density at radius 1 is 0.862 bits per heavy atom. The molecule has 29 heavy (non-hydrogen) atoms. The first-order valence-corrected chi connectivity index (χ1v) is 10.5. The molecule has 0 aliphatic heterocycles. The molecule has 1 amide bonds. The molecule has 0 atom stereocenters. The minimum absolute atomic E-state index is 0.0817. The molecule has 0 aliphatic carbocycles. The average molecular weight is 512 g/mol. The summed E-state index contributed by atoms with van der Waals surface area (Å²) in [6.45, 7) is 0. The van der Waals surface area contributed by atoms with Crippen molar-refractivity contribution in [3.05, 3.63) is 87.6 Å². The Balaban J connectivity index is 1.56. The van der Waals surface area contributed by atoms with Crippen LogP contribution in [0.25, 0.3) is 10.9 Å². The number of benzene rings is 3. The summed E-state index contributed by atoms with van der Waals surface area (Å²) in [6, 6.07) is 21.2. The van der Waals surface area contributed by atoms with Gasteiger partial charge in [0.1, 0.15) is 12.1 Å². The zero-order valence-electron chi connectivity index (χ0n) is 15.2. The maximum atomic E-state index is 12.5. The Morgan fingerprint density at radius 2 is 1.66 bits per heavy atom. The van der Waals surface area contributed by atoms with Crippen LogP contribution in [0.2, 0.25) is 0 Å². The summed E-state index contributed by atoms with van der Waals surface area (Å²) < 4.78 is 1.96. The molecule has 4 rings (SSSR count). The largest absolute Gasteiger partial charge is 0.340 e. The van der Waals surface area contributed by atoms with Gasteiger partial charge in [0, 0.05) is 25.7 Å². The topological polar surface area (TPSA) is 66.9 Å². The summed E-state index contributed by atoms with van der Waals surface area (Å²) >= 11 is 6.86. The number of carbonyl (C=O) groups excluding carboxylic acids is 1. The van der Waals surface area contributed by atoms with Gasteiger partial charge in [-0.05, 0) is 60.2 Å². The molecule has 4 aromatic rings. The van der Waals surface area contributed by atoms with Crippen LogP contribution in [0.1, 0.15) is 5.56 Å². The minimum Gasteiger partial charge on any atom is -0.340 e. The molecule has 5 nitrogen and oxygen atoms in total. The third-order valence-electron chi connectivity index (χ3n) is 4.28. The lowest BCUT2D eigenvalue weighted by Crippen LogP contribution is -2.14. The molecule has 0 saturated carbocycles. The zero-order chi connectivity index (χ0) is 20.2. The van der Waals surface area contributed by atoms with Crippen molar-refractivity contribution in [1.29, 1.82) is 0 Å². The van der Waals surface area contributed by atoms with Gasteiger partial charge < -0.3 is 10.6 Å². The molecule has 2 N–H and O–H groups in total. The molecule has 1 heterocycles. The zero-order valence-corrected chi connectivity index (χ0v) is 18.4. The number of carbonyl (C=O) groups is 1. The Hall–Kier alpha value is -2.77. The average Bonchev–Trinajstić information content (AvgIpc) is 2.70. The molecule has 0 saturated heterocycles. The van der Waals surface area contributed by atoms with Crippen LogP contribution in [0.3, 0.4) is 0 Å². The third-order valence-corrected chi connectivity index (χ3v) is 5.30. The molecule has 0 aliphatic rings. The summed E-state index contributed by atoms with van der Waals surface area (Å²) in [7, 11) is 0. The van der Waals surface area contributed by atoms with Gasteiger partial charge in [-0.15, -0.1) is 0 Å². The lowest BCUT2D eigenvalue weighted by molar-refractivity contribution is -0.115. The summed E-state index contributed by atoms with van der Waals surface area (Å²) in [5, 5.41) is 7.10. The Bertz CT molecular complexity index is 1180. The minimum atomic E-state index is -0.0817. The van der Waals surface area contributed by atoms with E-state index in [2.05, 4.69) is 52.5 Å². The molecular formula is C22H16Br2N4O. The van der Waals surface area contributed by atoms with Crippen LogP contribution in [-0.4, -0.2) is 15.9 Å². The molecule has 0 spiro atoms. The maximum absolute atomic E-state index is 12.5. The van der Waals surface area contributed by atoms with E-state index in [1.165, 1.54) is 6.33 Å². The van der Waals surface area contributed by atoms with E-state index in [1.54, 1.807) is 0 Å². The molecule has 0 fully saturated rings. The fraction of sp³-hybridized carbons (Fsp3) is 0.0455. The first-order chi connectivity index (χ1) is 14.1. The van der Waals surface area contributed by atoms with E-state index in [9.17, 15) is 4.79 Å². The molecule has 0 radical (unpaired) electrons. The lowest BCUT2D eigenvalue weighted by Gasteiger charge is -2.11. The van der Waals surface area contributed by atoms with Crippen LogP contribution in [0, 0.1) is 0 Å². The number of fused-ring (bicyclic) bond motifs is 1. The monoisotopic (exact) mass is 510 g/mol. The van der Waals surface area contributed by atoms with Gasteiger partial charge in [0.05, 0.1) is 11.9 Å². The van der Waals surface area contributed by atoms with Gasteiger partial charge in [0.2, 0.25) is 5.91 Å². The standard InChI is InChI=1S/C22H16Br2N4O/c23-15-4-6-17(7-5-15)28-22-19-12-18(8-9-20(19)25-13-26-22)27-21(29)11-14-2-1-3-16(24)10-14/h1-10,12-13H,11H2,(H,27,29)(H,25,26,28). The van der Waals surface area contributed by atoms with Gasteiger partial charge in [-0.1, -0.05) is 44.0 Å². The van der Waals surface area contributed by atoms with E-state index in [0.29, 0.717) is 17.9 Å². The quantitative estimate of drug-likeness (QED) is 0.340. The van der Waals surface area contributed by atoms with Crippen molar-refractivity contribution in [2.24, 2.45) is 0 Å². The fourth-order valence-electron chi connectivity index (χ4n) is 2.94. The van der Waals surface area contributed by atoms with E-state index in [-0.39, 0.29) is 5.91 Å². The second kappa shape index (κ2) is 8.71. The van der Waals surface area contributed by atoms with Gasteiger partial charge in [0.15, 0.2) is 0 Å². The van der Waals surface area contributed by atoms with Crippen molar-refractivity contribution in [1.82, 2.24) is 9.97 Å². The van der Waals surface area contributed by atoms with E-state index < -0.39 is 0 Å². The Labute approximate surface area is 184 Å². The summed E-state index contributed by atoms with van der Waals surface area (Å²) in [6.07, 6.45) is 1.82. The summed E-state index contributed by atoms with van der Waals surface area (Å²) in [4.78, 5) is 21.1. The van der Waals surface area contributed by atoms with Gasteiger partial charge in [-0.3, -0.25) is 4.79 Å². The number of nitrogens with one attached hydrogen (secondary N) is 2. The molecule has 7 heteroatoms. The molecule has 0 unspecified atom stereocenters. The van der Waals surface area contributed by atoms with Crippen LogP contribution in [0.4, 0.5) is 17.2 Å². The van der Waals surface area contributed by atoms with E-state index in [0.717, 1.165) is 31.1 Å². The number of hydrogen-bond acceptors (Lipinski definition) is 4. The SMILES string of the molecule is O=C(Cc1cccc(Br)c1)Nc1ccc2ncnc(Nc3ccc(Br)cc3)c2c1. The lowest BCUT2D eigenvalue weighted by atomic mass is 10.1. The normalized spacial score (nSPS) is 10.7. The van der Waals surface area contributed by atoms with E-state index >= 15 is 0 Å². The smallest absolute Gasteiger partial charge is 0.228 e. The highest BCUT2D eigenvalue weighted by molar-refractivity contribution is 9.10. The number of aromatic nitrogens is 2. The Kier molecular flexibility index (Phi) is 5.87. The molecule has 0 bridgehead atoms. The second-order valence-electron chi connectivity index (χ2n) is 6.44. The van der Waals surface area contributed by atoms with Crippen LogP contribution < -0.4 is 10.6 Å².